The number of benzene rings is 1. The van der Waals surface area contributed by atoms with Crippen molar-refractivity contribution in [3.05, 3.63) is 35.4 Å². The van der Waals surface area contributed by atoms with Crippen molar-refractivity contribution in [2.45, 2.75) is 19.3 Å². The first-order chi connectivity index (χ1) is 6.12. The molecule has 2 N–H and O–H groups in total. The zero-order valence-electron chi connectivity index (χ0n) is 8.04. The van der Waals surface area contributed by atoms with Crippen LogP contribution < -0.4 is 5.73 Å². The number of rotatable bonds is 2. The van der Waals surface area contributed by atoms with E-state index in [0.29, 0.717) is 6.54 Å². The summed E-state index contributed by atoms with van der Waals surface area (Å²) in [5, 5.41) is 8.98. The Balaban J connectivity index is 3.08. The molecule has 0 heterocycles. The molecule has 0 amide bonds. The predicted molar refractivity (Wildman–Crippen MR) is 53.2 cm³/mol. The van der Waals surface area contributed by atoms with E-state index in [1.807, 2.05) is 38.1 Å². The number of aryl methyl sites for hydroxylation is 1. The minimum atomic E-state index is -0.548. The lowest BCUT2D eigenvalue weighted by atomic mass is 9.84. The van der Waals surface area contributed by atoms with Gasteiger partial charge in [0.15, 0.2) is 0 Å². The van der Waals surface area contributed by atoms with Gasteiger partial charge in [0, 0.05) is 6.54 Å². The quantitative estimate of drug-likeness (QED) is 0.742. The summed E-state index contributed by atoms with van der Waals surface area (Å²) < 4.78 is 0. The van der Waals surface area contributed by atoms with Crippen molar-refractivity contribution in [1.29, 1.82) is 5.26 Å². The Hall–Kier alpha value is -1.33. The molecule has 0 aromatic heterocycles. The maximum Gasteiger partial charge on any atom is 0.0916 e. The molecule has 1 rings (SSSR count). The van der Waals surface area contributed by atoms with Crippen molar-refractivity contribution in [2.24, 2.45) is 5.73 Å². The number of nitrogens with two attached hydrogens (primary N) is 1. The van der Waals surface area contributed by atoms with E-state index in [2.05, 4.69) is 6.07 Å². The Morgan fingerprint density at radius 2 is 1.92 bits per heavy atom. The Bertz CT molecular complexity index is 321. The van der Waals surface area contributed by atoms with Gasteiger partial charge in [-0.15, -0.1) is 0 Å². The van der Waals surface area contributed by atoms with Crippen LogP contribution in [0.15, 0.2) is 24.3 Å². The molecule has 1 atom stereocenters. The van der Waals surface area contributed by atoms with Crippen LogP contribution in [-0.4, -0.2) is 6.54 Å². The molecule has 0 aliphatic heterocycles. The molecule has 1 unspecified atom stereocenters. The zero-order valence-corrected chi connectivity index (χ0v) is 8.04. The van der Waals surface area contributed by atoms with Gasteiger partial charge in [0.05, 0.1) is 11.5 Å². The van der Waals surface area contributed by atoms with Crippen molar-refractivity contribution in [3.8, 4) is 6.07 Å². The standard InChI is InChI=1S/C11H14N2/c1-9-3-5-10(6-4-9)11(2,7-12)8-13/h3-6H,7,12H2,1-2H3. The van der Waals surface area contributed by atoms with Crippen LogP contribution in [-0.2, 0) is 5.41 Å². The summed E-state index contributed by atoms with van der Waals surface area (Å²) in [4.78, 5) is 0. The van der Waals surface area contributed by atoms with E-state index in [9.17, 15) is 0 Å². The zero-order chi connectivity index (χ0) is 9.90. The molecule has 0 aliphatic carbocycles. The van der Waals surface area contributed by atoms with Gasteiger partial charge in [0.2, 0.25) is 0 Å². The minimum Gasteiger partial charge on any atom is -0.329 e. The fraction of sp³-hybridized carbons (Fsp3) is 0.364. The normalized spacial score (nSPS) is 14.6. The van der Waals surface area contributed by atoms with E-state index in [1.54, 1.807) is 0 Å². The second-order valence-corrected chi connectivity index (χ2v) is 3.51. The van der Waals surface area contributed by atoms with Gasteiger partial charge >= 0.3 is 0 Å². The lowest BCUT2D eigenvalue weighted by Crippen LogP contribution is -2.29. The Morgan fingerprint density at radius 1 is 1.38 bits per heavy atom. The fourth-order valence-electron chi connectivity index (χ4n) is 1.15. The van der Waals surface area contributed by atoms with Crippen molar-refractivity contribution < 1.29 is 0 Å². The summed E-state index contributed by atoms with van der Waals surface area (Å²) in [6, 6.07) is 10.2. The van der Waals surface area contributed by atoms with E-state index in [-0.39, 0.29) is 0 Å². The molecule has 0 spiro atoms. The smallest absolute Gasteiger partial charge is 0.0916 e. The average molecular weight is 174 g/mol. The summed E-state index contributed by atoms with van der Waals surface area (Å²) >= 11 is 0. The highest BCUT2D eigenvalue weighted by molar-refractivity contribution is 5.33. The Labute approximate surface area is 79.0 Å². The summed E-state index contributed by atoms with van der Waals surface area (Å²) in [7, 11) is 0. The number of nitriles is 1. The molecular formula is C11H14N2. The van der Waals surface area contributed by atoms with Gasteiger partial charge < -0.3 is 5.73 Å². The SMILES string of the molecule is Cc1ccc(C(C)(C#N)CN)cc1. The van der Waals surface area contributed by atoms with Crippen LogP contribution in [0.25, 0.3) is 0 Å². The van der Waals surface area contributed by atoms with Crippen LogP contribution >= 0.6 is 0 Å². The maximum absolute atomic E-state index is 8.98. The highest BCUT2D eigenvalue weighted by Crippen LogP contribution is 2.21. The van der Waals surface area contributed by atoms with Crippen LogP contribution in [0.5, 0.6) is 0 Å². The van der Waals surface area contributed by atoms with E-state index in [1.165, 1.54) is 5.56 Å². The molecule has 2 heteroatoms. The number of hydrogen-bond acceptors (Lipinski definition) is 2. The molecule has 0 saturated heterocycles. The van der Waals surface area contributed by atoms with Crippen molar-refractivity contribution in [2.75, 3.05) is 6.54 Å². The molecule has 68 valence electrons. The molecule has 1 aromatic rings. The van der Waals surface area contributed by atoms with Crippen LogP contribution in [0.2, 0.25) is 0 Å². The topological polar surface area (TPSA) is 49.8 Å². The number of hydrogen-bond donors (Lipinski definition) is 1. The summed E-state index contributed by atoms with van der Waals surface area (Å²) in [6.45, 7) is 4.24. The predicted octanol–water partition coefficient (Wildman–Crippen LogP) is 1.73. The highest BCUT2D eigenvalue weighted by atomic mass is 14.6. The molecule has 0 saturated carbocycles. The van der Waals surface area contributed by atoms with Gasteiger partial charge in [-0.05, 0) is 19.4 Å². The third kappa shape index (κ3) is 1.88. The first-order valence-corrected chi connectivity index (χ1v) is 4.31. The lowest BCUT2D eigenvalue weighted by Gasteiger charge is -2.19. The Kier molecular flexibility index (Phi) is 2.69. The lowest BCUT2D eigenvalue weighted by molar-refractivity contribution is 0.623. The molecule has 0 fully saturated rings. The van der Waals surface area contributed by atoms with Gasteiger partial charge in [-0.2, -0.15) is 5.26 Å². The third-order valence-electron chi connectivity index (χ3n) is 2.34. The van der Waals surface area contributed by atoms with Crippen molar-refractivity contribution in [3.63, 3.8) is 0 Å². The summed E-state index contributed by atoms with van der Waals surface area (Å²) in [5.41, 5.74) is 7.20. The molecule has 0 bridgehead atoms. The third-order valence-corrected chi connectivity index (χ3v) is 2.34. The van der Waals surface area contributed by atoms with Crippen LogP contribution in [0.1, 0.15) is 18.1 Å². The summed E-state index contributed by atoms with van der Waals surface area (Å²) in [6.07, 6.45) is 0. The average Bonchev–Trinajstić information content (AvgIpc) is 2.18. The van der Waals surface area contributed by atoms with Crippen LogP contribution in [0.4, 0.5) is 0 Å². The van der Waals surface area contributed by atoms with Crippen LogP contribution in [0.3, 0.4) is 0 Å². The van der Waals surface area contributed by atoms with Gasteiger partial charge in [0.1, 0.15) is 0 Å². The second-order valence-electron chi connectivity index (χ2n) is 3.51. The van der Waals surface area contributed by atoms with Gasteiger partial charge in [-0.3, -0.25) is 0 Å². The van der Waals surface area contributed by atoms with Gasteiger partial charge in [0.25, 0.3) is 0 Å². The number of nitrogens with zero attached hydrogens (tertiary/aromatic N) is 1. The Morgan fingerprint density at radius 3 is 2.31 bits per heavy atom. The molecule has 0 radical (unpaired) electrons. The molecular weight excluding hydrogens is 160 g/mol. The second kappa shape index (κ2) is 3.59. The first kappa shape index (κ1) is 9.76. The van der Waals surface area contributed by atoms with Crippen molar-refractivity contribution >= 4 is 0 Å². The van der Waals surface area contributed by atoms with Crippen LogP contribution in [0, 0.1) is 18.3 Å². The minimum absolute atomic E-state index is 0.354. The van der Waals surface area contributed by atoms with E-state index in [4.69, 9.17) is 11.0 Å². The summed E-state index contributed by atoms with van der Waals surface area (Å²) in [5.74, 6) is 0. The van der Waals surface area contributed by atoms with E-state index >= 15 is 0 Å². The maximum atomic E-state index is 8.98. The molecule has 2 nitrogen and oxygen atoms in total. The van der Waals surface area contributed by atoms with Gasteiger partial charge in [-0.25, -0.2) is 0 Å². The van der Waals surface area contributed by atoms with E-state index in [0.717, 1.165) is 5.56 Å². The first-order valence-electron chi connectivity index (χ1n) is 4.31. The molecule has 13 heavy (non-hydrogen) atoms. The van der Waals surface area contributed by atoms with Crippen molar-refractivity contribution in [1.82, 2.24) is 0 Å². The monoisotopic (exact) mass is 174 g/mol. The largest absolute Gasteiger partial charge is 0.329 e. The molecule has 1 aromatic carbocycles. The fourth-order valence-corrected chi connectivity index (χ4v) is 1.15. The molecule has 0 aliphatic rings. The van der Waals surface area contributed by atoms with E-state index < -0.39 is 5.41 Å². The highest BCUT2D eigenvalue weighted by Gasteiger charge is 2.23. The van der Waals surface area contributed by atoms with Gasteiger partial charge in [-0.1, -0.05) is 29.8 Å².